The third-order valence-electron chi connectivity index (χ3n) is 6.70. The predicted molar refractivity (Wildman–Crippen MR) is 149 cm³/mol. The zero-order chi connectivity index (χ0) is 27.6. The van der Waals surface area contributed by atoms with Crippen LogP contribution < -0.4 is 21.7 Å². The molecule has 1 saturated heterocycles. The molecule has 0 spiro atoms. The molecule has 3 atom stereocenters. The van der Waals surface area contributed by atoms with Crippen LogP contribution in [0.15, 0.2) is 90.1 Å². The Hall–Kier alpha value is -4.50. The second-order valence-electron chi connectivity index (χ2n) is 9.50. The van der Waals surface area contributed by atoms with Crippen LogP contribution in [0.25, 0.3) is 0 Å². The van der Waals surface area contributed by atoms with Gasteiger partial charge in [0.25, 0.3) is 0 Å². The van der Waals surface area contributed by atoms with Gasteiger partial charge in [-0.15, -0.1) is 0 Å². The van der Waals surface area contributed by atoms with Crippen molar-refractivity contribution in [3.8, 4) is 0 Å². The van der Waals surface area contributed by atoms with Crippen LogP contribution in [-0.2, 0) is 21.0 Å². The molecule has 39 heavy (non-hydrogen) atoms. The number of amides is 2. The molecule has 4 rings (SSSR count). The Bertz CT molecular complexity index is 1300. The Morgan fingerprint density at radius 3 is 2.33 bits per heavy atom. The maximum atomic E-state index is 12.8. The van der Waals surface area contributed by atoms with Gasteiger partial charge in [-0.25, -0.2) is 4.79 Å². The summed E-state index contributed by atoms with van der Waals surface area (Å²) in [7, 11) is 0. The van der Waals surface area contributed by atoms with Crippen LogP contribution in [0.1, 0.15) is 52.7 Å². The molecule has 202 valence electrons. The highest BCUT2D eigenvalue weighted by atomic mass is 16.7. The zero-order valence-corrected chi connectivity index (χ0v) is 21.8. The highest BCUT2D eigenvalue weighted by molar-refractivity contribution is 5.98. The summed E-state index contributed by atoms with van der Waals surface area (Å²) in [4.78, 5) is 42.4. The highest BCUT2D eigenvalue weighted by Gasteiger charge is 2.29. The number of nitrogens with zero attached hydrogens (tertiary/aromatic N) is 1. The molecule has 0 unspecified atom stereocenters. The van der Waals surface area contributed by atoms with E-state index in [1.807, 2.05) is 18.2 Å². The van der Waals surface area contributed by atoms with E-state index in [0.29, 0.717) is 23.5 Å². The van der Waals surface area contributed by atoms with E-state index in [4.69, 9.17) is 10.6 Å². The molecule has 1 aliphatic heterocycles. The van der Waals surface area contributed by atoms with Crippen molar-refractivity contribution >= 4 is 23.6 Å². The van der Waals surface area contributed by atoms with Crippen molar-refractivity contribution in [2.24, 2.45) is 10.9 Å². The lowest BCUT2D eigenvalue weighted by molar-refractivity contribution is -0.130. The van der Waals surface area contributed by atoms with E-state index in [1.165, 1.54) is 5.56 Å². The minimum absolute atomic E-state index is 0.0528. The zero-order valence-electron chi connectivity index (χ0n) is 21.8. The quantitative estimate of drug-likeness (QED) is 0.146. The summed E-state index contributed by atoms with van der Waals surface area (Å²) in [6.07, 6.45) is 1.66. The summed E-state index contributed by atoms with van der Waals surface area (Å²) in [5.74, 6) is -0.696. The molecule has 0 aliphatic carbocycles. The van der Waals surface area contributed by atoms with Gasteiger partial charge in [0.1, 0.15) is 6.04 Å². The molecule has 0 radical (unpaired) electrons. The first-order valence-corrected chi connectivity index (χ1v) is 13.0. The Kier molecular flexibility index (Phi) is 9.42. The normalized spacial score (nSPS) is 18.0. The topological polar surface area (TPSA) is 135 Å². The maximum absolute atomic E-state index is 12.8. The molecule has 0 saturated carbocycles. The summed E-state index contributed by atoms with van der Waals surface area (Å²) < 4.78 is 0. The van der Waals surface area contributed by atoms with Crippen LogP contribution in [-0.4, -0.2) is 42.2 Å². The minimum atomic E-state index is -0.683. The first-order chi connectivity index (χ1) is 18.9. The maximum Gasteiger partial charge on any atom is 0.365 e. The summed E-state index contributed by atoms with van der Waals surface area (Å²) in [5, 5.41) is 12.7. The molecule has 9 nitrogen and oxygen atoms in total. The lowest BCUT2D eigenvalue weighted by Gasteiger charge is -2.30. The van der Waals surface area contributed by atoms with Crippen LogP contribution in [0.4, 0.5) is 0 Å². The molecule has 1 heterocycles. The Morgan fingerprint density at radius 2 is 1.64 bits per heavy atom. The lowest BCUT2D eigenvalue weighted by Crippen LogP contribution is -2.53. The van der Waals surface area contributed by atoms with Gasteiger partial charge in [0.2, 0.25) is 11.8 Å². The van der Waals surface area contributed by atoms with Gasteiger partial charge in [-0.2, -0.15) is 0 Å². The average Bonchev–Trinajstić information content (AvgIpc) is 2.99. The molecular formula is C30H33N5O4. The molecule has 1 aliphatic rings. The summed E-state index contributed by atoms with van der Waals surface area (Å²) in [5.41, 5.74) is 8.95. The largest absolute Gasteiger partial charge is 0.380 e. The molecule has 2 amide bonds. The van der Waals surface area contributed by atoms with Crippen LogP contribution in [0.5, 0.6) is 0 Å². The smallest absolute Gasteiger partial charge is 0.365 e. The van der Waals surface area contributed by atoms with Crippen molar-refractivity contribution in [3.05, 3.63) is 107 Å². The van der Waals surface area contributed by atoms with Crippen LogP contribution >= 0.6 is 0 Å². The number of amidine groups is 1. The molecule has 3 aromatic rings. The van der Waals surface area contributed by atoms with Gasteiger partial charge in [-0.05, 0) is 55.5 Å². The first-order valence-electron chi connectivity index (χ1n) is 13.0. The van der Waals surface area contributed by atoms with Crippen molar-refractivity contribution in [1.82, 2.24) is 16.0 Å². The number of benzene rings is 3. The van der Waals surface area contributed by atoms with Gasteiger partial charge >= 0.3 is 5.97 Å². The highest BCUT2D eigenvalue weighted by Crippen LogP contribution is 2.27. The van der Waals surface area contributed by atoms with Gasteiger partial charge in [0, 0.05) is 12.1 Å². The van der Waals surface area contributed by atoms with Crippen molar-refractivity contribution < 1.29 is 19.2 Å². The number of carbonyl (C=O) groups excluding carboxylic acids is 3. The standard InChI is InChI=1S/C30H33N5O4/c1-20(34-29(37)26-18-25(16-17-32-26)22-8-4-2-5-9-22)28(36)33-19-21-12-14-23(15-13-21)27(31)35-39-30(38)24-10-6-3-7-11-24/h2-15,20,25-26,32H,16-19H2,1H3,(H2,31,35)(H,33,36)(H,34,37)/t20-,25-,26+/m0/s1. The van der Waals surface area contributed by atoms with Gasteiger partial charge in [-0.1, -0.05) is 78.0 Å². The summed E-state index contributed by atoms with van der Waals surface area (Å²) >= 11 is 0. The molecule has 0 aromatic heterocycles. The van der Waals surface area contributed by atoms with Crippen molar-refractivity contribution in [3.63, 3.8) is 0 Å². The van der Waals surface area contributed by atoms with E-state index < -0.39 is 12.0 Å². The van der Waals surface area contributed by atoms with E-state index in [0.717, 1.165) is 18.5 Å². The molecule has 5 N–H and O–H groups in total. The average molecular weight is 528 g/mol. The van der Waals surface area contributed by atoms with Gasteiger partial charge in [0.05, 0.1) is 11.6 Å². The molecule has 0 bridgehead atoms. The monoisotopic (exact) mass is 527 g/mol. The van der Waals surface area contributed by atoms with Gasteiger partial charge < -0.3 is 26.5 Å². The lowest BCUT2D eigenvalue weighted by atomic mass is 9.86. The number of hydrogen-bond acceptors (Lipinski definition) is 6. The SMILES string of the molecule is C[C@H](NC(=O)[C@H]1C[C@@H](c2ccccc2)CCN1)C(=O)NCc1ccc(C(N)=NOC(=O)c2ccccc2)cc1. The fourth-order valence-corrected chi connectivity index (χ4v) is 4.43. The van der Waals surface area contributed by atoms with Crippen LogP contribution in [0.2, 0.25) is 0 Å². The van der Waals surface area contributed by atoms with Crippen molar-refractivity contribution in [2.75, 3.05) is 6.54 Å². The van der Waals surface area contributed by atoms with E-state index in [-0.39, 0.29) is 30.2 Å². The van der Waals surface area contributed by atoms with Crippen LogP contribution in [0, 0.1) is 0 Å². The Balaban J connectivity index is 1.23. The second-order valence-corrected chi connectivity index (χ2v) is 9.50. The summed E-state index contributed by atoms with van der Waals surface area (Å²) in [6.45, 7) is 2.69. The number of carbonyl (C=O) groups is 3. The Labute approximate surface area is 227 Å². The molecular weight excluding hydrogens is 494 g/mol. The fourth-order valence-electron chi connectivity index (χ4n) is 4.43. The van der Waals surface area contributed by atoms with Crippen LogP contribution in [0.3, 0.4) is 0 Å². The van der Waals surface area contributed by atoms with Crippen molar-refractivity contribution in [1.29, 1.82) is 0 Å². The number of oxime groups is 1. The third kappa shape index (κ3) is 7.75. The number of nitrogens with one attached hydrogen (secondary N) is 3. The Morgan fingerprint density at radius 1 is 0.974 bits per heavy atom. The fraction of sp³-hybridized carbons (Fsp3) is 0.267. The molecule has 9 heteroatoms. The number of piperidine rings is 1. The number of hydrogen-bond donors (Lipinski definition) is 4. The minimum Gasteiger partial charge on any atom is -0.380 e. The van der Waals surface area contributed by atoms with Gasteiger partial charge in [0.15, 0.2) is 5.84 Å². The second kappa shape index (κ2) is 13.3. The van der Waals surface area contributed by atoms with E-state index >= 15 is 0 Å². The van der Waals surface area contributed by atoms with E-state index in [2.05, 4.69) is 33.2 Å². The van der Waals surface area contributed by atoms with E-state index in [9.17, 15) is 14.4 Å². The first kappa shape index (κ1) is 27.5. The summed E-state index contributed by atoms with van der Waals surface area (Å²) in [6, 6.07) is 24.7. The molecule has 1 fully saturated rings. The van der Waals surface area contributed by atoms with E-state index in [1.54, 1.807) is 61.5 Å². The number of rotatable bonds is 9. The molecule has 3 aromatic carbocycles. The number of nitrogens with two attached hydrogens (primary N) is 1. The third-order valence-corrected chi connectivity index (χ3v) is 6.70. The van der Waals surface area contributed by atoms with Gasteiger partial charge in [-0.3, -0.25) is 9.59 Å². The van der Waals surface area contributed by atoms with Crippen molar-refractivity contribution in [2.45, 2.75) is 44.3 Å². The predicted octanol–water partition coefficient (Wildman–Crippen LogP) is 2.82.